The maximum atomic E-state index is 6.59. The standard InChI is InChI=1S/C25H31N5O4Si/c1-24(2,3)35-34-25(4,5)20-18-19(32-16(31-18)12-11-15-9-7-6-8-10-15)23(33-20)30-14-29-17-21(26)27-13-28-22(17)30/h6-14,16,18-20,23H,1-5H3,(H2,26,27,28). The molecule has 0 spiro atoms. The van der Waals surface area contributed by atoms with Gasteiger partial charge in [0, 0.05) is 0 Å². The van der Waals surface area contributed by atoms with E-state index in [1.807, 2.05) is 60.9 Å². The van der Waals surface area contributed by atoms with Crippen LogP contribution in [-0.4, -0.2) is 59.5 Å². The van der Waals surface area contributed by atoms with Gasteiger partial charge in [0.15, 0.2) is 24.0 Å². The number of imidazole rings is 1. The number of hydrogen-bond donors (Lipinski definition) is 1. The Morgan fingerprint density at radius 3 is 2.49 bits per heavy atom. The fourth-order valence-corrected chi connectivity index (χ4v) is 4.99. The lowest BCUT2D eigenvalue weighted by Crippen LogP contribution is -2.48. The minimum atomic E-state index is -0.616. The van der Waals surface area contributed by atoms with Crippen molar-refractivity contribution in [1.29, 1.82) is 0 Å². The summed E-state index contributed by atoms with van der Waals surface area (Å²) in [4.78, 5) is 12.9. The van der Waals surface area contributed by atoms with Gasteiger partial charge < -0.3 is 24.4 Å². The highest BCUT2D eigenvalue weighted by Gasteiger charge is 2.58. The van der Waals surface area contributed by atoms with Crippen molar-refractivity contribution in [1.82, 2.24) is 19.5 Å². The van der Waals surface area contributed by atoms with Crippen molar-refractivity contribution in [2.24, 2.45) is 0 Å². The molecule has 2 radical (unpaired) electrons. The largest absolute Gasteiger partial charge is 0.409 e. The number of hydrogen-bond acceptors (Lipinski definition) is 8. The summed E-state index contributed by atoms with van der Waals surface area (Å²) >= 11 is 0. The second kappa shape index (κ2) is 9.10. The van der Waals surface area contributed by atoms with Crippen LogP contribution in [0.25, 0.3) is 17.2 Å². The molecule has 2 aromatic heterocycles. The summed E-state index contributed by atoms with van der Waals surface area (Å²) in [7, 11) is 0.299. The molecule has 2 fully saturated rings. The van der Waals surface area contributed by atoms with E-state index in [0.29, 0.717) is 26.7 Å². The van der Waals surface area contributed by atoms with Crippen LogP contribution in [0.4, 0.5) is 5.82 Å². The molecule has 0 amide bonds. The lowest BCUT2D eigenvalue weighted by Gasteiger charge is -2.36. The summed E-state index contributed by atoms with van der Waals surface area (Å²) < 4.78 is 27.6. The Hall–Kier alpha value is -2.63. The fourth-order valence-electron chi connectivity index (χ4n) is 4.30. The first kappa shape index (κ1) is 24.1. The van der Waals surface area contributed by atoms with Crippen molar-refractivity contribution >= 4 is 32.8 Å². The highest BCUT2D eigenvalue weighted by Crippen LogP contribution is 2.45. The molecule has 2 aliphatic rings. The molecule has 1 aromatic carbocycles. The van der Waals surface area contributed by atoms with E-state index in [-0.39, 0.29) is 23.4 Å². The number of nitrogen functional groups attached to an aromatic ring is 1. The molecule has 5 unspecified atom stereocenters. The van der Waals surface area contributed by atoms with E-state index in [0.717, 1.165) is 5.56 Å². The van der Waals surface area contributed by atoms with Crippen LogP contribution in [0.1, 0.15) is 46.4 Å². The van der Waals surface area contributed by atoms with Gasteiger partial charge in [-0.05, 0) is 30.5 Å². The van der Waals surface area contributed by atoms with Crippen molar-refractivity contribution in [3.8, 4) is 0 Å². The molecular weight excluding hydrogens is 462 g/mol. The molecule has 35 heavy (non-hydrogen) atoms. The first-order chi connectivity index (χ1) is 16.6. The summed E-state index contributed by atoms with van der Waals surface area (Å²) in [5.74, 6) is 0.321. The number of nitrogens with zero attached hydrogens (tertiary/aromatic N) is 4. The Kier molecular flexibility index (Phi) is 6.26. The van der Waals surface area contributed by atoms with E-state index in [1.165, 1.54) is 6.33 Å². The van der Waals surface area contributed by atoms with Crippen LogP contribution in [0.5, 0.6) is 0 Å². The number of aromatic nitrogens is 4. The van der Waals surface area contributed by atoms with Crippen molar-refractivity contribution in [2.45, 2.75) is 76.1 Å². The molecule has 10 heteroatoms. The molecule has 0 saturated carbocycles. The maximum Gasteiger partial charge on any atom is 0.236 e. The second-order valence-corrected chi connectivity index (χ2v) is 12.3. The highest BCUT2D eigenvalue weighted by molar-refractivity contribution is 6.31. The molecule has 5 rings (SSSR count). The van der Waals surface area contributed by atoms with Crippen LogP contribution in [0.15, 0.2) is 49.1 Å². The third-order valence-electron chi connectivity index (χ3n) is 5.98. The minimum absolute atomic E-state index is 0.0393. The molecule has 5 atom stereocenters. The van der Waals surface area contributed by atoms with Crippen molar-refractivity contribution in [3.05, 3.63) is 54.6 Å². The SMILES string of the molecule is CC(C)(C)[Si]OC(C)(C)C1OC(n2cnc3c(N)ncnc32)C2OC(C=Cc3ccccc3)OC21. The maximum absolute atomic E-state index is 6.59. The monoisotopic (exact) mass is 493 g/mol. The van der Waals surface area contributed by atoms with Gasteiger partial charge in [0.25, 0.3) is 0 Å². The van der Waals surface area contributed by atoms with Gasteiger partial charge in [0.2, 0.25) is 9.76 Å². The van der Waals surface area contributed by atoms with Gasteiger partial charge in [-0.25, -0.2) is 15.0 Å². The molecule has 4 heterocycles. The van der Waals surface area contributed by atoms with E-state index in [9.17, 15) is 0 Å². The third kappa shape index (κ3) is 4.89. The third-order valence-corrected chi connectivity index (χ3v) is 7.22. The predicted molar refractivity (Wildman–Crippen MR) is 133 cm³/mol. The normalized spacial score (nSPS) is 27.2. The van der Waals surface area contributed by atoms with E-state index in [2.05, 4.69) is 35.7 Å². The predicted octanol–water partition coefficient (Wildman–Crippen LogP) is 3.76. The molecule has 3 aromatic rings. The number of benzene rings is 1. The number of fused-ring (bicyclic) bond motifs is 2. The number of anilines is 1. The van der Waals surface area contributed by atoms with Crippen molar-refractivity contribution < 1.29 is 18.6 Å². The van der Waals surface area contributed by atoms with E-state index >= 15 is 0 Å². The molecule has 184 valence electrons. The van der Waals surface area contributed by atoms with E-state index in [4.69, 9.17) is 24.4 Å². The molecule has 2 saturated heterocycles. The van der Waals surface area contributed by atoms with Gasteiger partial charge in [0.1, 0.15) is 30.2 Å². The van der Waals surface area contributed by atoms with Gasteiger partial charge in [-0.15, -0.1) is 0 Å². The molecular formula is C25H31N5O4Si. The quantitative estimate of drug-likeness (QED) is 0.517. The van der Waals surface area contributed by atoms with Gasteiger partial charge in [-0.3, -0.25) is 4.57 Å². The Morgan fingerprint density at radius 1 is 1.00 bits per heavy atom. The van der Waals surface area contributed by atoms with Crippen LogP contribution in [-0.2, 0) is 18.6 Å². The van der Waals surface area contributed by atoms with Gasteiger partial charge in [-0.1, -0.05) is 57.2 Å². The Labute approximate surface area is 207 Å². The van der Waals surface area contributed by atoms with Crippen LogP contribution in [0.2, 0.25) is 5.04 Å². The molecule has 0 bridgehead atoms. The molecule has 2 N–H and O–H groups in total. The first-order valence-electron chi connectivity index (χ1n) is 11.7. The lowest BCUT2D eigenvalue weighted by molar-refractivity contribution is -0.163. The Bertz CT molecular complexity index is 1210. The number of ether oxygens (including phenoxy) is 3. The summed E-state index contributed by atoms with van der Waals surface area (Å²) in [5, 5.41) is 0.0393. The summed E-state index contributed by atoms with van der Waals surface area (Å²) in [6, 6.07) is 10.1. The zero-order valence-corrected chi connectivity index (χ0v) is 21.6. The highest BCUT2D eigenvalue weighted by atomic mass is 28.2. The summed E-state index contributed by atoms with van der Waals surface area (Å²) in [6.45, 7) is 10.6. The Morgan fingerprint density at radius 2 is 1.74 bits per heavy atom. The van der Waals surface area contributed by atoms with Crippen molar-refractivity contribution in [3.63, 3.8) is 0 Å². The number of rotatable bonds is 6. The van der Waals surface area contributed by atoms with Crippen LogP contribution in [0, 0.1) is 0 Å². The van der Waals surface area contributed by atoms with E-state index in [1.54, 1.807) is 6.33 Å². The minimum Gasteiger partial charge on any atom is -0.409 e. The molecule has 9 nitrogen and oxygen atoms in total. The smallest absolute Gasteiger partial charge is 0.236 e. The summed E-state index contributed by atoms with van der Waals surface area (Å²) in [6.07, 6.45) is 4.88. The zero-order valence-electron chi connectivity index (χ0n) is 20.6. The molecule has 0 aliphatic carbocycles. The zero-order chi connectivity index (χ0) is 24.8. The Balaban J connectivity index is 1.45. The summed E-state index contributed by atoms with van der Waals surface area (Å²) in [5.41, 5.74) is 7.59. The van der Waals surface area contributed by atoms with Crippen LogP contribution >= 0.6 is 0 Å². The average Bonchev–Trinajstić information content (AvgIpc) is 3.51. The molecule has 2 aliphatic heterocycles. The first-order valence-corrected chi connectivity index (χ1v) is 12.6. The van der Waals surface area contributed by atoms with Crippen LogP contribution < -0.4 is 5.73 Å². The van der Waals surface area contributed by atoms with Gasteiger partial charge >= 0.3 is 0 Å². The van der Waals surface area contributed by atoms with E-state index < -0.39 is 18.1 Å². The van der Waals surface area contributed by atoms with Gasteiger partial charge in [0.05, 0.1) is 11.9 Å². The lowest BCUT2D eigenvalue weighted by atomic mass is 9.96. The van der Waals surface area contributed by atoms with Crippen LogP contribution in [0.3, 0.4) is 0 Å². The number of nitrogens with two attached hydrogens (primary N) is 1. The topological polar surface area (TPSA) is 107 Å². The second-order valence-electron chi connectivity index (χ2n) is 10.4. The average molecular weight is 494 g/mol. The fraction of sp³-hybridized carbons (Fsp3) is 0.480. The van der Waals surface area contributed by atoms with Gasteiger partial charge in [-0.2, -0.15) is 0 Å². The van der Waals surface area contributed by atoms with Crippen molar-refractivity contribution in [2.75, 3.05) is 5.73 Å².